The van der Waals surface area contributed by atoms with E-state index in [0.29, 0.717) is 12.1 Å². The predicted molar refractivity (Wildman–Crippen MR) is 187 cm³/mol. The van der Waals surface area contributed by atoms with Gasteiger partial charge in [-0.15, -0.1) is 0 Å². The van der Waals surface area contributed by atoms with E-state index < -0.39 is 0 Å². The van der Waals surface area contributed by atoms with Gasteiger partial charge in [-0.3, -0.25) is 0 Å². The maximum atomic E-state index is 5.30. The fourth-order valence-electron chi connectivity index (χ4n) is 4.12. The van der Waals surface area contributed by atoms with Gasteiger partial charge in [0.05, 0.1) is 57.4 Å². The third-order valence-corrected chi connectivity index (χ3v) is 8.55. The van der Waals surface area contributed by atoms with E-state index in [9.17, 15) is 0 Å². The molecule has 3 rings (SSSR count). The van der Waals surface area contributed by atoms with Gasteiger partial charge in [0, 0.05) is 0 Å². The first-order valence-electron chi connectivity index (χ1n) is 14.0. The van der Waals surface area contributed by atoms with E-state index in [0.717, 1.165) is 25.3 Å². The van der Waals surface area contributed by atoms with Crippen molar-refractivity contribution >= 4 is 11.3 Å². The van der Waals surface area contributed by atoms with Crippen LogP contribution in [0.5, 0.6) is 0 Å². The number of aromatic nitrogens is 2. The highest BCUT2D eigenvalue weighted by molar-refractivity contribution is 7.07. The predicted octanol–water partition coefficient (Wildman–Crippen LogP) is 9.09. The molecule has 1 fully saturated rings. The van der Waals surface area contributed by atoms with Crippen LogP contribution in [0.15, 0.2) is 40.4 Å². The van der Waals surface area contributed by atoms with Gasteiger partial charge >= 0.3 is 6.39 Å². The van der Waals surface area contributed by atoms with E-state index in [1.54, 1.807) is 24.0 Å². The Hall–Kier alpha value is -1.28. The summed E-state index contributed by atoms with van der Waals surface area (Å²) >= 11 is 1.73. The van der Waals surface area contributed by atoms with Crippen LogP contribution < -0.4 is 9.13 Å². The number of rotatable bonds is 7. The van der Waals surface area contributed by atoms with Crippen molar-refractivity contribution in [1.29, 1.82) is 0 Å². The molecular weight excluding hydrogens is 528 g/mol. The maximum Gasteiger partial charge on any atom is 0.334 e. The zero-order valence-electron chi connectivity index (χ0n) is 25.7. The van der Waals surface area contributed by atoms with E-state index in [4.69, 9.17) is 9.15 Å². The first-order valence-corrected chi connectivity index (χ1v) is 15.0. The third-order valence-electron chi connectivity index (χ3n) is 7.91. The Kier molecular flexibility index (Phi) is 35.2. The number of likely N-dealkylation sites (N-methyl/N-ethyl adjacent to an activating group) is 1. The van der Waals surface area contributed by atoms with Crippen molar-refractivity contribution in [2.24, 2.45) is 0 Å². The third kappa shape index (κ3) is 19.5. The number of quaternary nitrogens is 2. The Morgan fingerprint density at radius 2 is 1.22 bits per heavy atom. The fourth-order valence-corrected chi connectivity index (χ4v) is 4.86. The first kappa shape index (κ1) is 52.4. The van der Waals surface area contributed by atoms with Crippen LogP contribution in [-0.4, -0.2) is 74.0 Å². The van der Waals surface area contributed by atoms with Crippen LogP contribution in [0.3, 0.4) is 0 Å². The molecule has 0 N–H and O–H groups in total. The van der Waals surface area contributed by atoms with Crippen LogP contribution in [-0.2, 0) is 4.74 Å². The lowest BCUT2D eigenvalue weighted by Crippen LogP contribution is -2.56. The molecule has 0 aromatic carbocycles. The molecule has 1 aliphatic rings. The number of hydrogen-bond acceptors (Lipinski definition) is 3. The van der Waals surface area contributed by atoms with Crippen LogP contribution in [0.2, 0.25) is 0 Å². The van der Waals surface area contributed by atoms with E-state index in [-0.39, 0.29) is 37.1 Å². The molecule has 6 nitrogen and oxygen atoms in total. The summed E-state index contributed by atoms with van der Waals surface area (Å²) in [5, 5.41) is 2.08. The average Bonchev–Trinajstić information content (AvgIpc) is 3.57. The summed E-state index contributed by atoms with van der Waals surface area (Å²) in [6.45, 7) is 32.7. The van der Waals surface area contributed by atoms with E-state index in [1.807, 2.05) is 10.8 Å². The molecule has 0 radical (unpaired) electrons. The Balaban J connectivity index is -0.0000000961. The molecule has 0 unspecified atom stereocenters. The van der Waals surface area contributed by atoms with Crippen LogP contribution in [0, 0.1) is 0 Å². The van der Waals surface area contributed by atoms with Gasteiger partial charge in [-0.1, -0.05) is 48.5 Å². The zero-order chi connectivity index (χ0) is 27.8. The van der Waals surface area contributed by atoms with Gasteiger partial charge < -0.3 is 18.1 Å². The highest BCUT2D eigenvalue weighted by atomic mass is 32.1. The van der Waals surface area contributed by atoms with Crippen molar-refractivity contribution in [3.8, 4) is 0 Å². The normalized spacial score (nSPS) is 13.3. The smallest absolute Gasteiger partial charge is 0.334 e. The van der Waals surface area contributed by atoms with Crippen molar-refractivity contribution in [3.05, 3.63) is 35.9 Å². The molecular formula is C34H80N4O2S+4. The molecule has 2 aromatic rings. The van der Waals surface area contributed by atoms with Crippen molar-refractivity contribution in [2.75, 3.05) is 53.0 Å². The molecule has 0 bridgehead atoms. The largest absolute Gasteiger partial charge is 0.412 e. The fraction of sp³-hybridized carbons (Fsp3) is 0.824. The highest BCUT2D eigenvalue weighted by Crippen LogP contribution is 2.12. The number of ether oxygens (including phenoxy) is 1. The molecule has 41 heavy (non-hydrogen) atoms. The standard InChI is InChI=1S/C9H22N.C8H18NO.C6H10NO.C6H10NS.5CH4/c1-6-10(7-2,8-3)9(4)5;1-8(2)9(3)4-6-10-7-5-9;2*1-6(2)7-3-4-8-5-7;;;;;/h9H,6-8H2,1-5H3;8H,4-7H2,1-3H3;2*3-6H,1-2H3;5*1H4/q4*+1;;;;;. The summed E-state index contributed by atoms with van der Waals surface area (Å²) in [5.41, 5.74) is 2.12. The molecule has 3 heterocycles. The quantitative estimate of drug-likeness (QED) is 0.232. The van der Waals surface area contributed by atoms with E-state index >= 15 is 0 Å². The van der Waals surface area contributed by atoms with Crippen LogP contribution in [0.4, 0.5) is 0 Å². The van der Waals surface area contributed by atoms with Gasteiger partial charge in [0.2, 0.25) is 11.7 Å². The van der Waals surface area contributed by atoms with Crippen LogP contribution in [0.25, 0.3) is 0 Å². The van der Waals surface area contributed by atoms with Crippen molar-refractivity contribution in [3.63, 3.8) is 0 Å². The molecule has 0 amide bonds. The van der Waals surface area contributed by atoms with Crippen LogP contribution >= 0.6 is 11.3 Å². The number of nitrogens with zero attached hydrogens (tertiary/aromatic N) is 4. The van der Waals surface area contributed by atoms with E-state index in [2.05, 4.69) is 105 Å². The van der Waals surface area contributed by atoms with Crippen molar-refractivity contribution < 1.29 is 27.3 Å². The second kappa shape index (κ2) is 27.5. The number of thiazole rings is 1. The summed E-state index contributed by atoms with van der Waals surface area (Å²) in [6, 6.07) is 2.64. The summed E-state index contributed by atoms with van der Waals surface area (Å²) in [5.74, 6) is 0. The lowest BCUT2D eigenvalue weighted by Gasteiger charge is -2.41. The molecule has 0 aliphatic carbocycles. The van der Waals surface area contributed by atoms with Crippen molar-refractivity contribution in [2.45, 2.75) is 137 Å². The SMILES string of the molecule is C.C.C.C.C.CC(C)[N+]1(C)CCOCC1.CC(C)[n+]1ccoc1.CC(C)[n+]1ccsc1.CC[N+](CC)(CC)C(C)C. The van der Waals surface area contributed by atoms with Gasteiger partial charge in [-0.2, -0.15) is 9.13 Å². The minimum absolute atomic E-state index is 0. The summed E-state index contributed by atoms with van der Waals surface area (Å²) in [4.78, 5) is 0. The minimum atomic E-state index is 0. The molecule has 2 aromatic heterocycles. The molecule has 1 saturated heterocycles. The molecule has 250 valence electrons. The average molecular weight is 609 g/mol. The van der Waals surface area contributed by atoms with Gasteiger partial charge in [0.15, 0.2) is 24.5 Å². The summed E-state index contributed by atoms with van der Waals surface area (Å²) in [7, 11) is 2.31. The Morgan fingerprint density at radius 3 is 1.39 bits per heavy atom. The second-order valence-corrected chi connectivity index (χ2v) is 11.8. The molecule has 7 heteroatoms. The topological polar surface area (TPSA) is 30.1 Å². The van der Waals surface area contributed by atoms with Crippen LogP contribution in [0.1, 0.15) is 125 Å². The summed E-state index contributed by atoms with van der Waals surface area (Å²) < 4.78 is 16.8. The lowest BCUT2D eigenvalue weighted by molar-refractivity contribution is -0.943. The Bertz CT molecular complexity index is 688. The monoisotopic (exact) mass is 609 g/mol. The van der Waals surface area contributed by atoms with Gasteiger partial charge in [-0.05, 0) is 76.2 Å². The number of morpholine rings is 1. The number of hydrogen-bond donors (Lipinski definition) is 0. The Labute approximate surface area is 264 Å². The highest BCUT2D eigenvalue weighted by Gasteiger charge is 2.28. The van der Waals surface area contributed by atoms with Crippen molar-refractivity contribution in [1.82, 2.24) is 0 Å². The van der Waals surface area contributed by atoms with Gasteiger partial charge in [-0.25, -0.2) is 0 Å². The van der Waals surface area contributed by atoms with Gasteiger partial charge in [0.25, 0.3) is 0 Å². The molecule has 0 spiro atoms. The number of oxazole rings is 1. The maximum absolute atomic E-state index is 5.30. The second-order valence-electron chi connectivity index (χ2n) is 11.0. The lowest BCUT2D eigenvalue weighted by atomic mass is 10.2. The van der Waals surface area contributed by atoms with Gasteiger partial charge in [0.1, 0.15) is 13.1 Å². The zero-order valence-corrected chi connectivity index (χ0v) is 26.6. The minimum Gasteiger partial charge on any atom is -0.412 e. The first-order chi connectivity index (χ1) is 16.9. The summed E-state index contributed by atoms with van der Waals surface area (Å²) in [6.07, 6.45) is 7.37. The molecule has 0 atom stereocenters. The molecule has 0 saturated carbocycles. The Morgan fingerprint density at radius 1 is 0.756 bits per heavy atom. The molecule has 1 aliphatic heterocycles. The van der Waals surface area contributed by atoms with E-state index in [1.165, 1.54) is 41.7 Å².